The van der Waals surface area contributed by atoms with Crippen LogP contribution in [0.3, 0.4) is 0 Å². The van der Waals surface area contributed by atoms with Crippen molar-refractivity contribution in [2.24, 2.45) is 11.1 Å². The summed E-state index contributed by atoms with van der Waals surface area (Å²) in [5.74, 6) is -0.436. The molecule has 0 fully saturated rings. The normalized spacial score (nSPS) is 14.0. The molecule has 0 rings (SSSR count). The van der Waals surface area contributed by atoms with Crippen molar-refractivity contribution >= 4 is 5.91 Å². The minimum absolute atomic E-state index is 0.155. The Morgan fingerprint density at radius 3 is 1.33 bits per heavy atom. The molecule has 0 aromatic rings. The first-order chi connectivity index (χ1) is 22.4. The Morgan fingerprint density at radius 1 is 0.609 bits per heavy atom. The van der Waals surface area contributed by atoms with Gasteiger partial charge in [0, 0.05) is 20.3 Å². The fraction of sp³-hybridized carbons (Fsp3) is 0.975. The molecule has 0 heterocycles. The van der Waals surface area contributed by atoms with Crippen LogP contribution in [0.15, 0.2) is 0 Å². The summed E-state index contributed by atoms with van der Waals surface area (Å²) in [6, 6.07) is 0. The van der Waals surface area contributed by atoms with Gasteiger partial charge in [0.25, 0.3) is 0 Å². The fourth-order valence-corrected chi connectivity index (χ4v) is 6.62. The van der Waals surface area contributed by atoms with Gasteiger partial charge in [-0.1, -0.05) is 175 Å². The van der Waals surface area contributed by atoms with Gasteiger partial charge >= 0.3 is 0 Å². The van der Waals surface area contributed by atoms with Crippen LogP contribution in [-0.2, 0) is 14.3 Å². The molecule has 0 radical (unpaired) electrons. The third kappa shape index (κ3) is 28.3. The summed E-state index contributed by atoms with van der Waals surface area (Å²) >= 11 is 0. The minimum Gasteiger partial charge on any atom is -0.394 e. The van der Waals surface area contributed by atoms with E-state index >= 15 is 0 Å². The third-order valence-electron chi connectivity index (χ3n) is 9.54. The number of rotatable bonds is 35. The van der Waals surface area contributed by atoms with Gasteiger partial charge in [-0.05, 0) is 32.1 Å². The molecule has 0 aliphatic heterocycles. The van der Waals surface area contributed by atoms with Gasteiger partial charge in [0.1, 0.15) is 0 Å². The lowest BCUT2D eigenvalue weighted by atomic mass is 9.71. The number of aliphatic hydroxyl groups excluding tert-OH is 2. The highest BCUT2D eigenvalue weighted by Crippen LogP contribution is 2.37. The highest BCUT2D eigenvalue weighted by molar-refractivity contribution is 5.81. The molecule has 3 unspecified atom stereocenters. The predicted molar refractivity (Wildman–Crippen MR) is 198 cm³/mol. The molecule has 3 atom stereocenters. The number of ether oxygens (including phenoxy) is 2. The molecule has 0 bridgehead atoms. The van der Waals surface area contributed by atoms with Crippen molar-refractivity contribution < 1.29 is 24.5 Å². The van der Waals surface area contributed by atoms with Crippen LogP contribution in [0.4, 0.5) is 0 Å². The topological polar surface area (TPSA) is 102 Å². The first kappa shape index (κ1) is 47.4. The SMILES string of the molecule is CCCCCCCCCCCCC(CC(O)CO)(C(N)=O)C(CC)OC.CCCCCCCCCCCCCCCCOCCC. The van der Waals surface area contributed by atoms with Crippen LogP contribution in [0.2, 0.25) is 0 Å². The number of methoxy groups -OCH3 is 1. The highest BCUT2D eigenvalue weighted by Gasteiger charge is 2.44. The number of carbonyl (C=O) groups is 1. The monoisotopic (exact) mass is 658 g/mol. The van der Waals surface area contributed by atoms with E-state index < -0.39 is 17.4 Å². The van der Waals surface area contributed by atoms with Crippen molar-refractivity contribution in [3.05, 3.63) is 0 Å². The molecule has 46 heavy (non-hydrogen) atoms. The zero-order chi connectivity index (χ0) is 34.6. The smallest absolute Gasteiger partial charge is 0.226 e. The van der Waals surface area contributed by atoms with E-state index in [2.05, 4.69) is 20.8 Å². The molecule has 0 aromatic heterocycles. The summed E-state index contributed by atoms with van der Waals surface area (Å²) in [7, 11) is 1.58. The number of hydrogen-bond acceptors (Lipinski definition) is 5. The number of carbonyl (C=O) groups excluding carboxylic acids is 1. The lowest BCUT2D eigenvalue weighted by Crippen LogP contribution is -2.49. The van der Waals surface area contributed by atoms with Crippen molar-refractivity contribution in [3.8, 4) is 0 Å². The predicted octanol–water partition coefficient (Wildman–Crippen LogP) is 10.8. The Bertz CT molecular complexity index is 582. The van der Waals surface area contributed by atoms with E-state index in [1.54, 1.807) is 7.11 Å². The quantitative estimate of drug-likeness (QED) is 0.0589. The van der Waals surface area contributed by atoms with E-state index in [1.807, 2.05) is 6.92 Å². The third-order valence-corrected chi connectivity index (χ3v) is 9.54. The molecule has 0 spiro atoms. The number of aliphatic hydroxyl groups is 2. The van der Waals surface area contributed by atoms with Crippen molar-refractivity contribution in [2.75, 3.05) is 26.9 Å². The zero-order valence-corrected chi connectivity index (χ0v) is 31.8. The van der Waals surface area contributed by atoms with Gasteiger partial charge in [0.2, 0.25) is 5.91 Å². The first-order valence-electron chi connectivity index (χ1n) is 20.1. The van der Waals surface area contributed by atoms with Crippen LogP contribution in [0, 0.1) is 5.41 Å². The molecule has 1 amide bonds. The van der Waals surface area contributed by atoms with E-state index in [4.69, 9.17) is 15.2 Å². The van der Waals surface area contributed by atoms with Crippen LogP contribution in [0.25, 0.3) is 0 Å². The zero-order valence-electron chi connectivity index (χ0n) is 31.8. The summed E-state index contributed by atoms with van der Waals surface area (Å²) in [4.78, 5) is 12.3. The van der Waals surface area contributed by atoms with Crippen LogP contribution in [0.5, 0.6) is 0 Å². The fourth-order valence-electron chi connectivity index (χ4n) is 6.62. The first-order valence-corrected chi connectivity index (χ1v) is 20.1. The van der Waals surface area contributed by atoms with E-state index in [0.717, 1.165) is 38.9 Å². The van der Waals surface area contributed by atoms with Gasteiger partial charge in [0.05, 0.1) is 24.2 Å². The molecular weight excluding hydrogens is 574 g/mol. The number of nitrogens with two attached hydrogens (primary N) is 1. The average molecular weight is 658 g/mol. The highest BCUT2D eigenvalue weighted by atomic mass is 16.5. The Labute approximate surface area is 287 Å². The minimum atomic E-state index is -0.949. The molecule has 6 nitrogen and oxygen atoms in total. The largest absolute Gasteiger partial charge is 0.394 e. The second-order valence-electron chi connectivity index (χ2n) is 13.8. The molecular formula is C40H83NO5. The molecule has 0 saturated carbocycles. The molecule has 4 N–H and O–H groups in total. The molecule has 278 valence electrons. The maximum absolute atomic E-state index is 12.3. The Hall–Kier alpha value is -0.690. The second-order valence-corrected chi connectivity index (χ2v) is 13.8. The van der Waals surface area contributed by atoms with Crippen molar-refractivity contribution in [2.45, 2.75) is 220 Å². The van der Waals surface area contributed by atoms with Crippen molar-refractivity contribution in [3.63, 3.8) is 0 Å². The summed E-state index contributed by atoms with van der Waals surface area (Å²) in [5.41, 5.74) is 4.82. The summed E-state index contributed by atoms with van der Waals surface area (Å²) in [5, 5.41) is 19.1. The van der Waals surface area contributed by atoms with Crippen LogP contribution in [-0.4, -0.2) is 55.3 Å². The van der Waals surface area contributed by atoms with E-state index in [1.165, 1.54) is 135 Å². The maximum atomic E-state index is 12.3. The van der Waals surface area contributed by atoms with Crippen LogP contribution < -0.4 is 5.73 Å². The molecule has 6 heteroatoms. The Kier molecular flexibility index (Phi) is 38.3. The van der Waals surface area contributed by atoms with Gasteiger partial charge in [-0.25, -0.2) is 0 Å². The number of primary amides is 1. The van der Waals surface area contributed by atoms with Crippen molar-refractivity contribution in [1.82, 2.24) is 0 Å². The number of hydrogen-bond donors (Lipinski definition) is 3. The molecule has 0 saturated heterocycles. The van der Waals surface area contributed by atoms with E-state index in [-0.39, 0.29) is 19.1 Å². The Balaban J connectivity index is 0. The van der Waals surface area contributed by atoms with Crippen LogP contribution in [0.1, 0.15) is 207 Å². The summed E-state index contributed by atoms with van der Waals surface area (Å²) < 4.78 is 11.0. The lowest BCUT2D eigenvalue weighted by molar-refractivity contribution is -0.142. The van der Waals surface area contributed by atoms with Gasteiger partial charge < -0.3 is 25.4 Å². The standard InChI is InChI=1S/C21H43NO4.C19H40O/c1-4-6-7-8-9-10-11-12-13-14-15-21(20(22)25,16-18(24)17-23)19(5-2)26-3;1-3-5-6-7-8-9-10-11-12-13-14-15-16-17-19-20-18-4-2/h18-19,23-24H,4-17H2,1-3H3,(H2,22,25);3-19H2,1-2H3. The van der Waals surface area contributed by atoms with Crippen molar-refractivity contribution in [1.29, 1.82) is 0 Å². The number of unbranched alkanes of at least 4 members (excludes halogenated alkanes) is 22. The maximum Gasteiger partial charge on any atom is 0.226 e. The van der Waals surface area contributed by atoms with Gasteiger partial charge in [0.15, 0.2) is 0 Å². The van der Waals surface area contributed by atoms with E-state index in [0.29, 0.717) is 12.8 Å². The van der Waals surface area contributed by atoms with Gasteiger partial charge in [-0.3, -0.25) is 4.79 Å². The molecule has 0 aliphatic rings. The summed E-state index contributed by atoms with van der Waals surface area (Å²) in [6.07, 6.45) is 33.5. The second kappa shape index (κ2) is 37.1. The summed E-state index contributed by atoms with van der Waals surface area (Å²) in [6.45, 7) is 10.2. The van der Waals surface area contributed by atoms with Gasteiger partial charge in [-0.2, -0.15) is 0 Å². The van der Waals surface area contributed by atoms with Gasteiger partial charge in [-0.15, -0.1) is 0 Å². The van der Waals surface area contributed by atoms with E-state index in [9.17, 15) is 15.0 Å². The Morgan fingerprint density at radius 2 is 1.00 bits per heavy atom. The average Bonchev–Trinajstić information content (AvgIpc) is 3.05. The van der Waals surface area contributed by atoms with Crippen LogP contribution >= 0.6 is 0 Å². The molecule has 0 aliphatic carbocycles. The number of amides is 1. The lowest BCUT2D eigenvalue weighted by Gasteiger charge is -2.38. The molecule has 0 aromatic carbocycles.